The van der Waals surface area contributed by atoms with Gasteiger partial charge in [-0.15, -0.1) is 0 Å². The summed E-state index contributed by atoms with van der Waals surface area (Å²) in [7, 11) is -3.43. The third-order valence-electron chi connectivity index (χ3n) is 4.75. The van der Waals surface area contributed by atoms with Gasteiger partial charge in [-0.05, 0) is 76.0 Å². The zero-order chi connectivity index (χ0) is 16.4. The number of hydrogen-bond acceptors (Lipinski definition) is 3. The minimum absolute atomic E-state index is 0.135. The van der Waals surface area contributed by atoms with Gasteiger partial charge in [0.2, 0.25) is 10.0 Å². The van der Waals surface area contributed by atoms with Crippen LogP contribution in [-0.4, -0.2) is 49.3 Å². The lowest BCUT2D eigenvalue weighted by Crippen LogP contribution is -2.48. The van der Waals surface area contributed by atoms with Crippen molar-refractivity contribution >= 4 is 21.6 Å². The van der Waals surface area contributed by atoms with Crippen LogP contribution in [0.25, 0.3) is 0 Å². The summed E-state index contributed by atoms with van der Waals surface area (Å²) in [5.74, 6) is 0. The first-order chi connectivity index (χ1) is 11.0. The van der Waals surface area contributed by atoms with Gasteiger partial charge in [0.15, 0.2) is 0 Å². The predicted molar refractivity (Wildman–Crippen MR) is 93.3 cm³/mol. The number of likely N-dealkylation sites (tertiary alicyclic amines) is 1. The fourth-order valence-corrected chi connectivity index (χ4v) is 5.52. The first-order valence-corrected chi connectivity index (χ1v) is 10.4. The summed E-state index contributed by atoms with van der Waals surface area (Å²) in [5.41, 5.74) is 0. The van der Waals surface area contributed by atoms with Gasteiger partial charge in [0, 0.05) is 17.1 Å². The highest BCUT2D eigenvalue weighted by molar-refractivity contribution is 7.89. The quantitative estimate of drug-likeness (QED) is 0.784. The van der Waals surface area contributed by atoms with Crippen molar-refractivity contribution in [3.63, 3.8) is 0 Å². The molecule has 3 rings (SSSR count). The van der Waals surface area contributed by atoms with Gasteiger partial charge in [-0.25, -0.2) is 8.42 Å². The van der Waals surface area contributed by atoms with E-state index in [-0.39, 0.29) is 12.1 Å². The number of rotatable bonds is 6. The van der Waals surface area contributed by atoms with Gasteiger partial charge in [-0.2, -0.15) is 4.31 Å². The summed E-state index contributed by atoms with van der Waals surface area (Å²) in [6.45, 7) is 5.30. The SMILES string of the molecule is CCCN1CCC(N(C2CC2)S(=O)(=O)c2ccc(Cl)cc2)CC1. The van der Waals surface area contributed by atoms with E-state index in [0.717, 1.165) is 51.7 Å². The van der Waals surface area contributed by atoms with E-state index in [1.807, 2.05) is 0 Å². The van der Waals surface area contributed by atoms with Crippen LogP contribution in [0.1, 0.15) is 39.0 Å². The van der Waals surface area contributed by atoms with E-state index in [1.165, 1.54) is 0 Å². The average molecular weight is 357 g/mol. The number of benzene rings is 1. The highest BCUT2D eigenvalue weighted by Crippen LogP contribution is 2.36. The van der Waals surface area contributed by atoms with Gasteiger partial charge in [0.1, 0.15) is 0 Å². The maximum Gasteiger partial charge on any atom is 0.243 e. The van der Waals surface area contributed by atoms with Crippen molar-refractivity contribution in [2.45, 2.75) is 56.0 Å². The number of piperidine rings is 1. The van der Waals surface area contributed by atoms with Crippen LogP contribution in [0.4, 0.5) is 0 Å². The number of halogens is 1. The van der Waals surface area contributed by atoms with Gasteiger partial charge in [0.05, 0.1) is 4.90 Å². The van der Waals surface area contributed by atoms with Crippen LogP contribution in [0, 0.1) is 0 Å². The minimum atomic E-state index is -3.43. The second-order valence-corrected chi connectivity index (χ2v) is 8.87. The molecule has 4 nitrogen and oxygen atoms in total. The highest BCUT2D eigenvalue weighted by Gasteiger charge is 2.43. The third kappa shape index (κ3) is 3.90. The zero-order valence-electron chi connectivity index (χ0n) is 13.6. The molecule has 1 aromatic carbocycles. The molecule has 1 saturated heterocycles. The Morgan fingerprint density at radius 1 is 1.09 bits per heavy atom. The standard InChI is InChI=1S/C17H25ClN2O2S/c1-2-11-19-12-9-16(10-13-19)20(15-5-6-15)23(21,22)17-7-3-14(18)4-8-17/h3-4,7-8,15-16H,2,5-6,9-13H2,1H3. The topological polar surface area (TPSA) is 40.6 Å². The second kappa shape index (κ2) is 7.09. The molecule has 0 spiro atoms. The molecule has 1 aromatic rings. The van der Waals surface area contributed by atoms with Crippen molar-refractivity contribution in [2.24, 2.45) is 0 Å². The van der Waals surface area contributed by atoms with Gasteiger partial charge in [-0.1, -0.05) is 18.5 Å². The predicted octanol–water partition coefficient (Wildman–Crippen LogP) is 3.37. The van der Waals surface area contributed by atoms with E-state index in [0.29, 0.717) is 9.92 Å². The fourth-order valence-electron chi connectivity index (χ4n) is 3.46. The molecule has 0 unspecified atom stereocenters. The normalized spacial score (nSPS) is 21.0. The Morgan fingerprint density at radius 3 is 2.17 bits per heavy atom. The monoisotopic (exact) mass is 356 g/mol. The summed E-state index contributed by atoms with van der Waals surface area (Å²) in [5, 5.41) is 0.565. The maximum absolute atomic E-state index is 13.1. The minimum Gasteiger partial charge on any atom is -0.303 e. The van der Waals surface area contributed by atoms with E-state index in [1.54, 1.807) is 28.6 Å². The Morgan fingerprint density at radius 2 is 1.65 bits per heavy atom. The molecule has 1 aliphatic carbocycles. The van der Waals surface area contributed by atoms with Crippen LogP contribution in [-0.2, 0) is 10.0 Å². The largest absolute Gasteiger partial charge is 0.303 e. The molecule has 0 radical (unpaired) electrons. The Labute approximate surface area is 144 Å². The van der Waals surface area contributed by atoms with E-state index >= 15 is 0 Å². The van der Waals surface area contributed by atoms with Crippen LogP contribution < -0.4 is 0 Å². The van der Waals surface area contributed by atoms with E-state index < -0.39 is 10.0 Å². The smallest absolute Gasteiger partial charge is 0.243 e. The van der Waals surface area contributed by atoms with Crippen molar-refractivity contribution in [1.29, 1.82) is 0 Å². The summed E-state index contributed by atoms with van der Waals surface area (Å²) >= 11 is 5.90. The van der Waals surface area contributed by atoms with Gasteiger partial charge in [-0.3, -0.25) is 0 Å². The van der Waals surface area contributed by atoms with Crippen molar-refractivity contribution in [3.05, 3.63) is 29.3 Å². The molecule has 23 heavy (non-hydrogen) atoms. The second-order valence-electron chi connectivity index (χ2n) is 6.59. The fraction of sp³-hybridized carbons (Fsp3) is 0.647. The van der Waals surface area contributed by atoms with Crippen molar-refractivity contribution in [2.75, 3.05) is 19.6 Å². The Kier molecular flexibility index (Phi) is 5.31. The molecule has 0 atom stereocenters. The molecule has 2 fully saturated rings. The molecule has 2 aliphatic rings. The number of nitrogens with zero attached hydrogens (tertiary/aromatic N) is 2. The number of sulfonamides is 1. The molecule has 0 amide bonds. The molecule has 0 bridgehead atoms. The molecule has 1 aliphatic heterocycles. The van der Waals surface area contributed by atoms with E-state index in [2.05, 4.69) is 11.8 Å². The average Bonchev–Trinajstić information content (AvgIpc) is 3.34. The first-order valence-electron chi connectivity index (χ1n) is 8.54. The van der Waals surface area contributed by atoms with Gasteiger partial charge >= 0.3 is 0 Å². The van der Waals surface area contributed by atoms with E-state index in [9.17, 15) is 8.42 Å². The van der Waals surface area contributed by atoms with Crippen LogP contribution in [0.2, 0.25) is 5.02 Å². The molecule has 128 valence electrons. The molecular formula is C17H25ClN2O2S. The Balaban J connectivity index is 1.78. The third-order valence-corrected chi connectivity index (χ3v) is 7.02. The maximum atomic E-state index is 13.1. The molecule has 0 N–H and O–H groups in total. The van der Waals surface area contributed by atoms with E-state index in [4.69, 9.17) is 11.6 Å². The molecule has 0 aromatic heterocycles. The van der Waals surface area contributed by atoms with Gasteiger partial charge in [0.25, 0.3) is 0 Å². The number of hydrogen-bond donors (Lipinski definition) is 0. The lowest BCUT2D eigenvalue weighted by molar-refractivity contribution is 0.156. The summed E-state index contributed by atoms with van der Waals surface area (Å²) in [4.78, 5) is 2.81. The summed E-state index contributed by atoms with van der Waals surface area (Å²) in [6.07, 6.45) is 5.00. The molecule has 1 saturated carbocycles. The van der Waals surface area contributed by atoms with Gasteiger partial charge < -0.3 is 4.90 Å². The van der Waals surface area contributed by atoms with Crippen LogP contribution in [0.5, 0.6) is 0 Å². The zero-order valence-corrected chi connectivity index (χ0v) is 15.2. The van der Waals surface area contributed by atoms with Crippen molar-refractivity contribution < 1.29 is 8.42 Å². The van der Waals surface area contributed by atoms with Crippen molar-refractivity contribution in [3.8, 4) is 0 Å². The summed E-state index contributed by atoms with van der Waals surface area (Å²) < 4.78 is 28.0. The van der Waals surface area contributed by atoms with Crippen LogP contribution in [0.3, 0.4) is 0 Å². The molecule has 6 heteroatoms. The molecule has 1 heterocycles. The lowest BCUT2D eigenvalue weighted by atomic mass is 10.0. The highest BCUT2D eigenvalue weighted by atomic mass is 35.5. The summed E-state index contributed by atoms with van der Waals surface area (Å²) in [6, 6.07) is 6.89. The first kappa shape index (κ1) is 17.2. The Hall–Kier alpha value is -0.620. The Bertz CT molecular complexity index is 620. The lowest BCUT2D eigenvalue weighted by Gasteiger charge is -2.38. The van der Waals surface area contributed by atoms with Crippen LogP contribution >= 0.6 is 11.6 Å². The van der Waals surface area contributed by atoms with Crippen LogP contribution in [0.15, 0.2) is 29.2 Å². The van der Waals surface area contributed by atoms with Crippen molar-refractivity contribution in [1.82, 2.24) is 9.21 Å². The molecular weight excluding hydrogens is 332 g/mol.